The van der Waals surface area contributed by atoms with Crippen molar-refractivity contribution in [2.24, 2.45) is 0 Å². The van der Waals surface area contributed by atoms with Crippen LogP contribution < -0.4 is 0 Å². The summed E-state index contributed by atoms with van der Waals surface area (Å²) in [4.78, 5) is 35.5. The lowest BCUT2D eigenvalue weighted by molar-refractivity contribution is -0.156. The normalized spacial score (nSPS) is 24.2. The van der Waals surface area contributed by atoms with E-state index in [0.717, 1.165) is 11.8 Å². The van der Waals surface area contributed by atoms with Gasteiger partial charge >= 0.3 is 5.97 Å². The molecule has 1 saturated heterocycles. The summed E-state index contributed by atoms with van der Waals surface area (Å²) in [5.74, 6) is -0.795. The van der Waals surface area contributed by atoms with Crippen LogP contribution in [-0.4, -0.2) is 45.2 Å². The average molecular weight is 336 g/mol. The summed E-state index contributed by atoms with van der Waals surface area (Å²) in [7, 11) is 1.25. The number of alkyl halides is 1. The van der Waals surface area contributed by atoms with Crippen LogP contribution in [0.25, 0.3) is 0 Å². The van der Waals surface area contributed by atoms with Gasteiger partial charge in [-0.3, -0.25) is 9.59 Å². The third-order valence-electron chi connectivity index (χ3n) is 2.47. The van der Waals surface area contributed by atoms with Crippen LogP contribution in [0, 0.1) is 0 Å². The number of esters is 1. The van der Waals surface area contributed by atoms with E-state index in [9.17, 15) is 14.4 Å². The van der Waals surface area contributed by atoms with Gasteiger partial charge in [0.2, 0.25) is 5.91 Å². The van der Waals surface area contributed by atoms with Gasteiger partial charge in [0.1, 0.15) is 10.2 Å². The number of hydrogen-bond acceptors (Lipinski definition) is 5. The van der Waals surface area contributed by atoms with Crippen LogP contribution in [-0.2, 0) is 19.1 Å². The largest absolute Gasteiger partial charge is 0.467 e. The maximum Gasteiger partial charge on any atom is 0.332 e. The zero-order chi connectivity index (χ0) is 14.0. The van der Waals surface area contributed by atoms with E-state index in [-0.39, 0.29) is 11.0 Å². The second-order valence-electron chi connectivity index (χ2n) is 3.92. The van der Waals surface area contributed by atoms with Gasteiger partial charge in [0, 0.05) is 6.92 Å². The van der Waals surface area contributed by atoms with Gasteiger partial charge in [-0.05, 0) is 12.5 Å². The van der Waals surface area contributed by atoms with Gasteiger partial charge in [-0.15, -0.1) is 0 Å². The van der Waals surface area contributed by atoms with Crippen LogP contribution in [0.4, 0.5) is 0 Å². The third-order valence-corrected chi connectivity index (χ3v) is 4.79. The van der Waals surface area contributed by atoms with Crippen molar-refractivity contribution >= 4 is 44.7 Å². The second-order valence-corrected chi connectivity index (χ2v) is 6.20. The smallest absolute Gasteiger partial charge is 0.332 e. The Bertz CT molecular complexity index is 412. The molecule has 0 aromatic rings. The number of likely N-dealkylation sites (tertiary alicyclic amines) is 1. The molecule has 1 amide bonds. The molecule has 1 heterocycles. The Morgan fingerprint density at radius 3 is 2.44 bits per heavy atom. The number of rotatable bonds is 4. The number of amides is 1. The fourth-order valence-electron chi connectivity index (χ4n) is 1.67. The fourth-order valence-corrected chi connectivity index (χ4v) is 3.40. The van der Waals surface area contributed by atoms with Gasteiger partial charge in [-0.1, -0.05) is 34.3 Å². The van der Waals surface area contributed by atoms with Crippen molar-refractivity contribution in [3.05, 3.63) is 12.2 Å². The van der Waals surface area contributed by atoms with Crippen LogP contribution in [0.1, 0.15) is 13.8 Å². The predicted molar refractivity (Wildman–Crippen MR) is 72.2 cm³/mol. The molecule has 0 bridgehead atoms. The number of carbonyl (C=O) groups excluding carboxylic acids is 3. The Hall–Kier alpha value is -0.820. The van der Waals surface area contributed by atoms with Gasteiger partial charge in [-0.25, -0.2) is 4.79 Å². The van der Waals surface area contributed by atoms with Crippen molar-refractivity contribution in [1.82, 2.24) is 4.90 Å². The van der Waals surface area contributed by atoms with Gasteiger partial charge < -0.3 is 9.64 Å². The molecule has 0 N–H and O–H groups in total. The molecule has 1 fully saturated rings. The minimum atomic E-state index is -0.840. The lowest BCUT2D eigenvalue weighted by atomic mass is 10.0. The molecule has 0 spiro atoms. The number of ether oxygens (including phenoxy) is 1. The van der Waals surface area contributed by atoms with Crippen molar-refractivity contribution in [1.29, 1.82) is 0 Å². The SMILES string of the molecule is C=C(C)C(C(=O)OC)N1C(=O)[C@H](Br)[C@H]1SC(C)=O. The van der Waals surface area contributed by atoms with E-state index in [4.69, 9.17) is 0 Å². The van der Waals surface area contributed by atoms with Crippen LogP contribution in [0.5, 0.6) is 0 Å². The molecule has 18 heavy (non-hydrogen) atoms. The number of β-lactam (4-membered cyclic amide) rings is 1. The molecule has 1 aliphatic heterocycles. The zero-order valence-electron chi connectivity index (χ0n) is 10.3. The van der Waals surface area contributed by atoms with E-state index in [0.29, 0.717) is 5.57 Å². The van der Waals surface area contributed by atoms with Crippen LogP contribution in [0.2, 0.25) is 0 Å². The minimum absolute atomic E-state index is 0.118. The Morgan fingerprint density at radius 1 is 1.50 bits per heavy atom. The molecule has 1 aliphatic rings. The molecule has 7 heteroatoms. The van der Waals surface area contributed by atoms with Gasteiger partial charge in [-0.2, -0.15) is 0 Å². The Morgan fingerprint density at radius 2 is 2.06 bits per heavy atom. The van der Waals surface area contributed by atoms with Gasteiger partial charge in [0.25, 0.3) is 0 Å². The van der Waals surface area contributed by atoms with E-state index in [1.54, 1.807) is 6.92 Å². The monoisotopic (exact) mass is 335 g/mol. The van der Waals surface area contributed by atoms with Crippen LogP contribution in [0.3, 0.4) is 0 Å². The summed E-state index contributed by atoms with van der Waals surface area (Å²) < 4.78 is 4.66. The molecule has 3 atom stereocenters. The first kappa shape index (κ1) is 15.2. The molecule has 5 nitrogen and oxygen atoms in total. The Kier molecular flexibility index (Phi) is 4.98. The molecule has 0 saturated carbocycles. The number of methoxy groups -OCH3 is 1. The summed E-state index contributed by atoms with van der Waals surface area (Å²) >= 11 is 4.21. The standard InChI is InChI=1S/C11H14BrNO4S/c1-5(2)8(11(16)17-4)13-9(15)7(12)10(13)18-6(3)14/h7-8,10H,1H2,2-4H3/t7-,8?,10+/m0/s1. The van der Waals surface area contributed by atoms with E-state index in [2.05, 4.69) is 27.2 Å². The Balaban J connectivity index is 2.96. The van der Waals surface area contributed by atoms with Crippen molar-refractivity contribution in [2.75, 3.05) is 7.11 Å². The topological polar surface area (TPSA) is 63.7 Å². The number of nitrogens with zero attached hydrogens (tertiary/aromatic N) is 1. The van der Waals surface area contributed by atoms with E-state index in [1.165, 1.54) is 18.9 Å². The first-order valence-electron chi connectivity index (χ1n) is 5.18. The number of hydrogen-bond donors (Lipinski definition) is 0. The molecule has 1 unspecified atom stereocenters. The molecule has 0 aromatic heterocycles. The molecule has 0 aliphatic carbocycles. The van der Waals surface area contributed by atoms with E-state index in [1.807, 2.05) is 0 Å². The van der Waals surface area contributed by atoms with E-state index < -0.39 is 22.2 Å². The molecular formula is C11H14BrNO4S. The summed E-state index contributed by atoms with van der Waals surface area (Å²) in [6, 6.07) is -0.840. The third kappa shape index (κ3) is 2.77. The van der Waals surface area contributed by atoms with Gasteiger partial charge in [0.15, 0.2) is 11.2 Å². The first-order chi connectivity index (χ1) is 8.31. The van der Waals surface area contributed by atoms with Crippen molar-refractivity contribution < 1.29 is 19.1 Å². The number of thioether (sulfide) groups is 1. The first-order valence-corrected chi connectivity index (χ1v) is 6.97. The minimum Gasteiger partial charge on any atom is -0.467 e. The highest BCUT2D eigenvalue weighted by atomic mass is 79.9. The highest BCUT2D eigenvalue weighted by Gasteiger charge is 2.52. The maximum atomic E-state index is 11.8. The quantitative estimate of drug-likeness (QED) is 0.335. The Labute approximate surface area is 118 Å². The lowest BCUT2D eigenvalue weighted by Crippen LogP contribution is -2.66. The average Bonchev–Trinajstić information content (AvgIpc) is 2.31. The van der Waals surface area contributed by atoms with Crippen molar-refractivity contribution in [3.63, 3.8) is 0 Å². The highest BCUT2D eigenvalue weighted by Crippen LogP contribution is 2.38. The predicted octanol–water partition coefficient (Wildman–Crippen LogP) is 1.32. The maximum absolute atomic E-state index is 11.8. The summed E-state index contributed by atoms with van der Waals surface area (Å²) in [5.41, 5.74) is 0.503. The van der Waals surface area contributed by atoms with Crippen LogP contribution in [0.15, 0.2) is 12.2 Å². The van der Waals surface area contributed by atoms with Crippen molar-refractivity contribution in [3.8, 4) is 0 Å². The van der Waals surface area contributed by atoms with Gasteiger partial charge in [0.05, 0.1) is 7.11 Å². The summed E-state index contributed by atoms with van der Waals surface area (Å²) in [6.45, 7) is 6.76. The second kappa shape index (κ2) is 5.88. The zero-order valence-corrected chi connectivity index (χ0v) is 12.7. The van der Waals surface area contributed by atoms with Crippen LogP contribution >= 0.6 is 27.7 Å². The number of carbonyl (C=O) groups is 3. The van der Waals surface area contributed by atoms with Crippen molar-refractivity contribution in [2.45, 2.75) is 30.1 Å². The molecule has 0 aromatic carbocycles. The molecule has 0 radical (unpaired) electrons. The summed E-state index contributed by atoms with van der Waals surface area (Å²) in [5, 5.41) is -0.525. The molecule has 1 rings (SSSR count). The number of halogens is 1. The lowest BCUT2D eigenvalue weighted by Gasteiger charge is -2.46. The molecule has 100 valence electrons. The molecular weight excluding hydrogens is 322 g/mol. The fraction of sp³-hybridized carbons (Fsp3) is 0.545. The summed E-state index contributed by atoms with van der Waals surface area (Å²) in [6.07, 6.45) is 0. The highest BCUT2D eigenvalue weighted by molar-refractivity contribution is 9.10. The van der Waals surface area contributed by atoms with E-state index >= 15 is 0 Å².